The summed E-state index contributed by atoms with van der Waals surface area (Å²) in [5.41, 5.74) is 0. The lowest BCUT2D eigenvalue weighted by molar-refractivity contribution is 0.348. The van der Waals surface area contributed by atoms with Crippen molar-refractivity contribution in [3.63, 3.8) is 0 Å². The van der Waals surface area contributed by atoms with Crippen LogP contribution in [0.2, 0.25) is 0 Å². The Morgan fingerprint density at radius 3 is 3.00 bits per heavy atom. The number of anilines is 1. The molecule has 0 amide bonds. The fraction of sp³-hybridized carbons (Fsp3) is 0.692. The van der Waals surface area contributed by atoms with E-state index >= 15 is 0 Å². The Morgan fingerprint density at radius 2 is 2.29 bits per heavy atom. The van der Waals surface area contributed by atoms with E-state index in [4.69, 9.17) is 0 Å². The van der Waals surface area contributed by atoms with Crippen molar-refractivity contribution in [2.75, 3.05) is 18.1 Å². The van der Waals surface area contributed by atoms with E-state index in [-0.39, 0.29) is 0 Å². The van der Waals surface area contributed by atoms with E-state index in [9.17, 15) is 0 Å². The van der Waals surface area contributed by atoms with Crippen molar-refractivity contribution in [3.05, 3.63) is 12.4 Å². The summed E-state index contributed by atoms with van der Waals surface area (Å²) in [4.78, 5) is 8.46. The largest absolute Gasteiger partial charge is 0.370 e. The lowest BCUT2D eigenvalue weighted by atomic mass is 9.89. The number of aromatic nitrogens is 2. The van der Waals surface area contributed by atoms with Crippen LogP contribution in [0, 0.1) is 17.8 Å². The maximum atomic E-state index is 4.27. The lowest BCUT2D eigenvalue weighted by Crippen LogP contribution is -2.20. The van der Waals surface area contributed by atoms with E-state index in [1.807, 2.05) is 12.3 Å². The van der Waals surface area contributed by atoms with Gasteiger partial charge < -0.3 is 5.32 Å². The zero-order valence-electron chi connectivity index (χ0n) is 10.2. The van der Waals surface area contributed by atoms with Gasteiger partial charge in [0, 0.05) is 12.6 Å². The van der Waals surface area contributed by atoms with Gasteiger partial charge in [0.25, 0.3) is 0 Å². The summed E-state index contributed by atoms with van der Waals surface area (Å²) in [5.74, 6) is 3.86. The Morgan fingerprint density at radius 1 is 1.35 bits per heavy atom. The standard InChI is InChI=1S/C13H19N3S/c1-17-13-6-12(15-8-16-13)14-7-11-5-9-2-3-10(11)4-9/h6,8-11H,2-5,7H2,1H3,(H,14,15,16). The minimum atomic E-state index is 0.876. The van der Waals surface area contributed by atoms with Crippen molar-refractivity contribution in [1.82, 2.24) is 9.97 Å². The average molecular weight is 249 g/mol. The molecule has 0 saturated heterocycles. The van der Waals surface area contributed by atoms with Gasteiger partial charge in [0.15, 0.2) is 0 Å². The van der Waals surface area contributed by atoms with Gasteiger partial charge in [-0.2, -0.15) is 0 Å². The molecule has 1 N–H and O–H groups in total. The summed E-state index contributed by atoms with van der Waals surface area (Å²) in [6.07, 6.45) is 9.53. The molecule has 0 aromatic carbocycles. The third-order valence-corrected chi connectivity index (χ3v) is 4.92. The van der Waals surface area contributed by atoms with E-state index in [2.05, 4.69) is 15.3 Å². The fourth-order valence-corrected chi connectivity index (χ4v) is 3.79. The molecule has 17 heavy (non-hydrogen) atoms. The van der Waals surface area contributed by atoms with Gasteiger partial charge >= 0.3 is 0 Å². The molecule has 1 heterocycles. The van der Waals surface area contributed by atoms with Crippen LogP contribution in [0.15, 0.2) is 17.4 Å². The van der Waals surface area contributed by atoms with Crippen LogP contribution in [0.3, 0.4) is 0 Å². The second-order valence-electron chi connectivity index (χ2n) is 5.26. The molecule has 4 heteroatoms. The van der Waals surface area contributed by atoms with Crippen molar-refractivity contribution in [2.24, 2.45) is 17.8 Å². The Labute approximate surface area is 107 Å². The van der Waals surface area contributed by atoms with Crippen molar-refractivity contribution in [3.8, 4) is 0 Å². The van der Waals surface area contributed by atoms with Crippen LogP contribution in [-0.4, -0.2) is 22.8 Å². The molecular formula is C13H19N3S. The predicted octanol–water partition coefficient (Wildman–Crippen LogP) is 3.05. The first-order valence-electron chi connectivity index (χ1n) is 6.45. The van der Waals surface area contributed by atoms with Crippen LogP contribution in [0.5, 0.6) is 0 Å². The Bertz CT molecular complexity index is 396. The molecule has 2 aliphatic rings. The Balaban J connectivity index is 1.56. The number of nitrogens with zero attached hydrogens (tertiary/aromatic N) is 2. The first-order chi connectivity index (χ1) is 8.35. The molecule has 2 fully saturated rings. The molecule has 3 nitrogen and oxygen atoms in total. The first kappa shape index (κ1) is 11.3. The highest BCUT2D eigenvalue weighted by Gasteiger charge is 2.39. The third-order valence-electron chi connectivity index (χ3n) is 4.28. The number of thioether (sulfide) groups is 1. The minimum absolute atomic E-state index is 0.876. The predicted molar refractivity (Wildman–Crippen MR) is 71.2 cm³/mol. The highest BCUT2D eigenvalue weighted by molar-refractivity contribution is 7.98. The van der Waals surface area contributed by atoms with Crippen LogP contribution in [0.1, 0.15) is 25.7 Å². The summed E-state index contributed by atoms with van der Waals surface area (Å²) in [6, 6.07) is 2.04. The molecule has 3 unspecified atom stereocenters. The van der Waals surface area contributed by atoms with Gasteiger partial charge in [0.05, 0.1) is 0 Å². The van der Waals surface area contributed by atoms with Crippen molar-refractivity contribution >= 4 is 17.6 Å². The maximum Gasteiger partial charge on any atom is 0.130 e. The Kier molecular flexibility index (Phi) is 3.23. The van der Waals surface area contributed by atoms with Gasteiger partial charge in [-0.3, -0.25) is 0 Å². The van der Waals surface area contributed by atoms with Gasteiger partial charge in [-0.1, -0.05) is 6.42 Å². The topological polar surface area (TPSA) is 37.8 Å². The summed E-state index contributed by atoms with van der Waals surface area (Å²) in [5, 5.41) is 4.52. The molecule has 2 bridgehead atoms. The summed E-state index contributed by atoms with van der Waals surface area (Å²) < 4.78 is 0. The molecule has 3 rings (SSSR count). The summed E-state index contributed by atoms with van der Waals surface area (Å²) in [6.45, 7) is 1.09. The van der Waals surface area contributed by atoms with Crippen molar-refractivity contribution < 1.29 is 0 Å². The Hall–Kier alpha value is -0.770. The highest BCUT2D eigenvalue weighted by Crippen LogP contribution is 2.48. The molecule has 0 aliphatic heterocycles. The van der Waals surface area contributed by atoms with Crippen LogP contribution < -0.4 is 5.32 Å². The molecule has 1 aromatic heterocycles. The van der Waals surface area contributed by atoms with Gasteiger partial charge in [-0.05, 0) is 43.3 Å². The molecule has 92 valence electrons. The van der Waals surface area contributed by atoms with E-state index in [1.54, 1.807) is 18.1 Å². The van der Waals surface area contributed by atoms with E-state index in [1.165, 1.54) is 25.7 Å². The van der Waals surface area contributed by atoms with Gasteiger partial charge in [-0.25, -0.2) is 9.97 Å². The summed E-state index contributed by atoms with van der Waals surface area (Å²) >= 11 is 1.66. The monoisotopic (exact) mass is 249 g/mol. The second-order valence-corrected chi connectivity index (χ2v) is 6.09. The number of fused-ring (bicyclic) bond motifs is 2. The molecule has 3 atom stereocenters. The van der Waals surface area contributed by atoms with Crippen molar-refractivity contribution in [1.29, 1.82) is 0 Å². The lowest BCUT2D eigenvalue weighted by Gasteiger charge is -2.22. The zero-order valence-corrected chi connectivity index (χ0v) is 11.0. The van der Waals surface area contributed by atoms with Gasteiger partial charge in [0.2, 0.25) is 0 Å². The first-order valence-corrected chi connectivity index (χ1v) is 7.67. The SMILES string of the molecule is CSc1cc(NCC2CC3CCC2C3)ncn1. The normalized spacial score (nSPS) is 30.8. The highest BCUT2D eigenvalue weighted by atomic mass is 32.2. The fourth-order valence-electron chi connectivity index (χ4n) is 3.41. The number of hydrogen-bond acceptors (Lipinski definition) is 4. The molecule has 0 radical (unpaired) electrons. The second kappa shape index (κ2) is 4.84. The van der Waals surface area contributed by atoms with Crippen LogP contribution >= 0.6 is 11.8 Å². The molecule has 1 aromatic rings. The number of nitrogens with one attached hydrogen (secondary N) is 1. The molecule has 0 spiro atoms. The molecule has 2 aliphatic carbocycles. The van der Waals surface area contributed by atoms with Crippen LogP contribution in [0.25, 0.3) is 0 Å². The number of rotatable bonds is 4. The zero-order chi connectivity index (χ0) is 11.7. The maximum absolute atomic E-state index is 4.27. The van der Waals surface area contributed by atoms with E-state index in [0.717, 1.165) is 35.1 Å². The number of hydrogen-bond donors (Lipinski definition) is 1. The van der Waals surface area contributed by atoms with Gasteiger partial charge in [-0.15, -0.1) is 11.8 Å². The third kappa shape index (κ3) is 2.41. The summed E-state index contributed by atoms with van der Waals surface area (Å²) in [7, 11) is 0. The van der Waals surface area contributed by atoms with Crippen molar-refractivity contribution in [2.45, 2.75) is 30.7 Å². The quantitative estimate of drug-likeness (QED) is 0.657. The molecular weight excluding hydrogens is 230 g/mol. The van der Waals surface area contributed by atoms with Gasteiger partial charge in [0.1, 0.15) is 17.2 Å². The minimum Gasteiger partial charge on any atom is -0.370 e. The van der Waals surface area contributed by atoms with E-state index in [0.29, 0.717) is 0 Å². The average Bonchev–Trinajstić information content (AvgIpc) is 2.99. The van der Waals surface area contributed by atoms with E-state index < -0.39 is 0 Å². The van der Waals surface area contributed by atoms with Crippen LogP contribution in [0.4, 0.5) is 5.82 Å². The smallest absolute Gasteiger partial charge is 0.130 e. The van der Waals surface area contributed by atoms with Crippen LogP contribution in [-0.2, 0) is 0 Å². The molecule has 2 saturated carbocycles.